The summed E-state index contributed by atoms with van der Waals surface area (Å²) in [7, 11) is 0. The molecule has 0 amide bonds. The number of aliphatic hydroxyl groups excluding tert-OH is 1. The van der Waals surface area contributed by atoms with Gasteiger partial charge in [-0.2, -0.15) is 0 Å². The molecule has 1 N–H and O–H groups in total. The van der Waals surface area contributed by atoms with Gasteiger partial charge in [0.15, 0.2) is 0 Å². The number of rotatable bonds is 5. The van der Waals surface area contributed by atoms with Crippen LogP contribution in [-0.2, 0) is 6.54 Å². The number of hydrogen-bond acceptors (Lipinski definition) is 5. The molecule has 1 aromatic carbocycles. The second-order valence-electron chi connectivity index (χ2n) is 6.56. The molecule has 26 heavy (non-hydrogen) atoms. The van der Waals surface area contributed by atoms with E-state index in [0.29, 0.717) is 5.69 Å². The van der Waals surface area contributed by atoms with Crippen molar-refractivity contribution >= 4 is 17.0 Å². The van der Waals surface area contributed by atoms with Crippen LogP contribution in [0.25, 0.3) is 0 Å². The van der Waals surface area contributed by atoms with Crippen LogP contribution in [0.4, 0.5) is 5.69 Å². The van der Waals surface area contributed by atoms with Crippen LogP contribution >= 0.6 is 11.3 Å². The minimum Gasteiger partial charge on any atom is -0.382 e. The lowest BCUT2D eigenvalue weighted by molar-refractivity contribution is 0.214. The maximum Gasteiger partial charge on any atom is 0.123 e. The number of aromatic nitrogens is 1. The quantitative estimate of drug-likeness (QED) is 0.751. The fraction of sp³-hybridized carbons (Fsp3) is 0.286. The van der Waals surface area contributed by atoms with E-state index < -0.39 is 6.10 Å². The van der Waals surface area contributed by atoms with E-state index in [9.17, 15) is 5.11 Å². The Hall–Kier alpha value is -2.21. The maximum atomic E-state index is 10.8. The molecule has 1 aliphatic rings. The molecule has 2 aromatic heterocycles. The summed E-state index contributed by atoms with van der Waals surface area (Å²) >= 11 is 1.82. The molecule has 1 fully saturated rings. The van der Waals surface area contributed by atoms with Crippen molar-refractivity contribution in [1.29, 1.82) is 0 Å². The minimum absolute atomic E-state index is 0.691. The van der Waals surface area contributed by atoms with Gasteiger partial charge in [0, 0.05) is 55.0 Å². The van der Waals surface area contributed by atoms with Gasteiger partial charge in [-0.25, -0.2) is 0 Å². The van der Waals surface area contributed by atoms with Crippen molar-refractivity contribution in [3.05, 3.63) is 82.3 Å². The Morgan fingerprint density at radius 2 is 1.77 bits per heavy atom. The Balaban J connectivity index is 1.47. The fourth-order valence-electron chi connectivity index (χ4n) is 3.47. The van der Waals surface area contributed by atoms with Crippen LogP contribution in [0, 0.1) is 0 Å². The predicted molar refractivity (Wildman–Crippen MR) is 107 cm³/mol. The Kier molecular flexibility index (Phi) is 5.29. The van der Waals surface area contributed by atoms with E-state index in [0.717, 1.165) is 44.0 Å². The molecule has 5 heteroatoms. The van der Waals surface area contributed by atoms with Crippen molar-refractivity contribution in [2.45, 2.75) is 12.6 Å². The van der Waals surface area contributed by atoms with Crippen molar-refractivity contribution < 1.29 is 5.11 Å². The summed E-state index contributed by atoms with van der Waals surface area (Å²) in [6.45, 7) is 5.04. The molecule has 4 rings (SSSR count). The van der Waals surface area contributed by atoms with Crippen LogP contribution < -0.4 is 4.90 Å². The smallest absolute Gasteiger partial charge is 0.123 e. The van der Waals surface area contributed by atoms with E-state index in [4.69, 9.17) is 0 Å². The van der Waals surface area contributed by atoms with Gasteiger partial charge in [0.2, 0.25) is 0 Å². The Morgan fingerprint density at radius 1 is 0.962 bits per heavy atom. The molecule has 1 saturated heterocycles. The molecule has 3 aromatic rings. The van der Waals surface area contributed by atoms with Gasteiger partial charge < -0.3 is 10.0 Å². The molecule has 0 saturated carbocycles. The Labute approximate surface area is 158 Å². The monoisotopic (exact) mass is 365 g/mol. The lowest BCUT2D eigenvalue weighted by atomic mass is 10.0. The molecule has 1 atom stereocenters. The molecular formula is C21H23N3OS. The number of hydrogen-bond donors (Lipinski definition) is 1. The van der Waals surface area contributed by atoms with Crippen molar-refractivity contribution in [2.24, 2.45) is 0 Å². The van der Waals surface area contributed by atoms with Gasteiger partial charge in [0.25, 0.3) is 0 Å². The fourth-order valence-corrected chi connectivity index (χ4v) is 4.22. The number of benzene rings is 1. The van der Waals surface area contributed by atoms with Gasteiger partial charge in [0.1, 0.15) is 6.10 Å². The molecule has 0 radical (unpaired) electrons. The molecule has 0 unspecified atom stereocenters. The summed E-state index contributed by atoms with van der Waals surface area (Å²) < 4.78 is 0. The number of thiophene rings is 1. The third kappa shape index (κ3) is 3.80. The van der Waals surface area contributed by atoms with E-state index in [-0.39, 0.29) is 0 Å². The van der Waals surface area contributed by atoms with Gasteiger partial charge in [-0.05, 0) is 29.6 Å². The van der Waals surface area contributed by atoms with Crippen LogP contribution in [0.3, 0.4) is 0 Å². The predicted octanol–water partition coefficient (Wildman–Crippen LogP) is 3.55. The lowest BCUT2D eigenvalue weighted by Gasteiger charge is -2.37. The first kappa shape index (κ1) is 17.2. The third-order valence-electron chi connectivity index (χ3n) is 4.87. The number of pyridine rings is 1. The van der Waals surface area contributed by atoms with Crippen LogP contribution in [0.5, 0.6) is 0 Å². The number of para-hydroxylation sites is 1. The summed E-state index contributed by atoms with van der Waals surface area (Å²) in [4.78, 5) is 10.6. The van der Waals surface area contributed by atoms with Crippen molar-refractivity contribution in [2.75, 3.05) is 31.1 Å². The molecule has 0 bridgehead atoms. The Morgan fingerprint density at radius 3 is 2.50 bits per heavy atom. The van der Waals surface area contributed by atoms with E-state index >= 15 is 0 Å². The lowest BCUT2D eigenvalue weighted by Crippen LogP contribution is -2.46. The second-order valence-corrected chi connectivity index (χ2v) is 7.59. The van der Waals surface area contributed by atoms with Crippen molar-refractivity contribution in [1.82, 2.24) is 9.88 Å². The highest BCUT2D eigenvalue weighted by atomic mass is 32.1. The van der Waals surface area contributed by atoms with Crippen LogP contribution in [-0.4, -0.2) is 41.2 Å². The first-order valence-corrected chi connectivity index (χ1v) is 9.87. The summed E-state index contributed by atoms with van der Waals surface area (Å²) in [5, 5.41) is 13.0. The molecule has 4 nitrogen and oxygen atoms in total. The minimum atomic E-state index is -0.698. The third-order valence-corrected chi connectivity index (χ3v) is 5.73. The first-order valence-electron chi connectivity index (χ1n) is 8.99. The highest BCUT2D eigenvalue weighted by Crippen LogP contribution is 2.30. The van der Waals surface area contributed by atoms with Gasteiger partial charge >= 0.3 is 0 Å². The van der Waals surface area contributed by atoms with Crippen LogP contribution in [0.1, 0.15) is 22.2 Å². The normalized spacial score (nSPS) is 16.6. The standard InChI is InChI=1S/C21H23N3OS/c25-21(19-8-3-4-10-22-19)18-7-1-2-9-20(18)24-13-11-23(12-14-24)16-17-6-5-15-26-17/h1-10,15,21,25H,11-14,16H2/t21-/m1/s1. The number of aliphatic hydroxyl groups is 1. The molecule has 1 aliphatic heterocycles. The number of nitrogens with zero attached hydrogens (tertiary/aromatic N) is 3. The average Bonchev–Trinajstić information content (AvgIpc) is 3.22. The van der Waals surface area contributed by atoms with Gasteiger partial charge in [-0.15, -0.1) is 11.3 Å². The van der Waals surface area contributed by atoms with E-state index in [1.54, 1.807) is 6.20 Å². The largest absolute Gasteiger partial charge is 0.382 e. The maximum absolute atomic E-state index is 10.8. The first-order chi connectivity index (χ1) is 12.8. The average molecular weight is 366 g/mol. The highest BCUT2D eigenvalue weighted by molar-refractivity contribution is 7.09. The van der Waals surface area contributed by atoms with Crippen molar-refractivity contribution in [3.8, 4) is 0 Å². The second kappa shape index (κ2) is 7.99. The molecular weight excluding hydrogens is 342 g/mol. The topological polar surface area (TPSA) is 39.6 Å². The van der Waals surface area contributed by atoms with E-state index in [1.807, 2.05) is 47.7 Å². The van der Waals surface area contributed by atoms with Gasteiger partial charge in [-0.3, -0.25) is 9.88 Å². The summed E-state index contributed by atoms with van der Waals surface area (Å²) in [6, 6.07) is 18.1. The zero-order chi connectivity index (χ0) is 17.8. The van der Waals surface area contributed by atoms with Crippen LogP contribution in [0.2, 0.25) is 0 Å². The summed E-state index contributed by atoms with van der Waals surface area (Å²) in [5.41, 5.74) is 2.73. The summed E-state index contributed by atoms with van der Waals surface area (Å²) in [6.07, 6.45) is 1.03. The molecule has 3 heterocycles. The van der Waals surface area contributed by atoms with Crippen LogP contribution in [0.15, 0.2) is 66.2 Å². The molecule has 0 aliphatic carbocycles. The van der Waals surface area contributed by atoms with Gasteiger partial charge in [-0.1, -0.05) is 30.3 Å². The molecule has 0 spiro atoms. The molecule has 134 valence electrons. The van der Waals surface area contributed by atoms with Gasteiger partial charge in [0.05, 0.1) is 5.69 Å². The zero-order valence-electron chi connectivity index (χ0n) is 14.7. The Bertz CT molecular complexity index is 814. The SMILES string of the molecule is O[C@@H](c1ccccn1)c1ccccc1N1CCN(Cc2cccs2)CC1. The summed E-state index contributed by atoms with van der Waals surface area (Å²) in [5.74, 6) is 0. The number of piperazine rings is 1. The highest BCUT2D eigenvalue weighted by Gasteiger charge is 2.22. The van der Waals surface area contributed by atoms with E-state index in [1.165, 1.54) is 4.88 Å². The van der Waals surface area contributed by atoms with E-state index in [2.05, 4.69) is 38.4 Å². The zero-order valence-corrected chi connectivity index (χ0v) is 15.5. The number of anilines is 1. The van der Waals surface area contributed by atoms with Crippen molar-refractivity contribution in [3.63, 3.8) is 0 Å².